The fourth-order valence-electron chi connectivity index (χ4n) is 2.29. The van der Waals surface area contributed by atoms with Crippen molar-refractivity contribution in [3.05, 3.63) is 53.6 Å². The summed E-state index contributed by atoms with van der Waals surface area (Å²) in [6, 6.07) is 12.9. The van der Waals surface area contributed by atoms with E-state index in [1.807, 2.05) is 32.0 Å². The van der Waals surface area contributed by atoms with Crippen molar-refractivity contribution in [2.45, 2.75) is 27.2 Å². The van der Waals surface area contributed by atoms with E-state index in [9.17, 15) is 9.59 Å². The van der Waals surface area contributed by atoms with Gasteiger partial charge in [-0.15, -0.1) is 0 Å². The van der Waals surface area contributed by atoms with Crippen LogP contribution >= 0.6 is 0 Å². The zero-order valence-electron chi connectivity index (χ0n) is 14.2. The predicted molar refractivity (Wildman–Crippen MR) is 95.4 cm³/mol. The van der Waals surface area contributed by atoms with Crippen LogP contribution in [0.2, 0.25) is 0 Å². The van der Waals surface area contributed by atoms with Crippen LogP contribution in [0.5, 0.6) is 5.75 Å². The number of nitrogens with one attached hydrogen (secondary N) is 2. The average molecular weight is 326 g/mol. The van der Waals surface area contributed by atoms with Crippen LogP contribution in [0.3, 0.4) is 0 Å². The summed E-state index contributed by atoms with van der Waals surface area (Å²) in [5, 5.41) is 5.52. The third-order valence-electron chi connectivity index (χ3n) is 3.51. The lowest BCUT2D eigenvalue weighted by Gasteiger charge is -2.12. The molecule has 2 aromatic carbocycles. The predicted octanol–water partition coefficient (Wildman–Crippen LogP) is 3.67. The van der Waals surface area contributed by atoms with Crippen molar-refractivity contribution in [3.8, 4) is 5.75 Å². The molecule has 5 heteroatoms. The van der Waals surface area contributed by atoms with Crippen LogP contribution in [0.1, 0.15) is 24.5 Å². The zero-order valence-corrected chi connectivity index (χ0v) is 14.2. The number of rotatable bonds is 6. The summed E-state index contributed by atoms with van der Waals surface area (Å²) in [6.07, 6.45) is 0.403. The lowest BCUT2D eigenvalue weighted by atomic mass is 10.1. The number of para-hydroxylation sites is 1. The standard InChI is InChI=1S/C19H22N2O3/c1-4-17(22)20-15-9-6-10-16(11-15)21-18(23)12-24-19-13(2)7-5-8-14(19)3/h5-11H,4,12H2,1-3H3,(H,20,22)(H,21,23). The van der Waals surface area contributed by atoms with Crippen LogP contribution in [-0.2, 0) is 9.59 Å². The molecule has 0 fully saturated rings. The molecule has 0 aromatic heterocycles. The fraction of sp³-hybridized carbons (Fsp3) is 0.263. The van der Waals surface area contributed by atoms with Crippen LogP contribution in [0.25, 0.3) is 0 Å². The first-order chi connectivity index (χ1) is 11.5. The lowest BCUT2D eigenvalue weighted by molar-refractivity contribution is -0.118. The number of benzene rings is 2. The minimum Gasteiger partial charge on any atom is -0.483 e. The molecule has 24 heavy (non-hydrogen) atoms. The van der Waals surface area contributed by atoms with Gasteiger partial charge in [-0.25, -0.2) is 0 Å². The van der Waals surface area contributed by atoms with E-state index in [4.69, 9.17) is 4.74 Å². The highest BCUT2D eigenvalue weighted by molar-refractivity contribution is 5.94. The number of hydrogen-bond donors (Lipinski definition) is 2. The first-order valence-corrected chi connectivity index (χ1v) is 7.88. The van der Waals surface area contributed by atoms with Crippen LogP contribution < -0.4 is 15.4 Å². The van der Waals surface area contributed by atoms with Gasteiger partial charge in [-0.1, -0.05) is 31.2 Å². The quantitative estimate of drug-likeness (QED) is 0.851. The second kappa shape index (κ2) is 8.15. The highest BCUT2D eigenvalue weighted by atomic mass is 16.5. The van der Waals surface area contributed by atoms with Crippen molar-refractivity contribution >= 4 is 23.2 Å². The molecular weight excluding hydrogens is 304 g/mol. The van der Waals surface area contributed by atoms with Gasteiger partial charge in [0.25, 0.3) is 5.91 Å². The van der Waals surface area contributed by atoms with Gasteiger partial charge in [0.2, 0.25) is 5.91 Å². The molecule has 0 bridgehead atoms. The Bertz CT molecular complexity index is 721. The summed E-state index contributed by atoms with van der Waals surface area (Å²) < 4.78 is 5.63. The molecule has 0 heterocycles. The highest BCUT2D eigenvalue weighted by Crippen LogP contribution is 2.22. The molecule has 0 atom stereocenters. The van der Waals surface area contributed by atoms with Gasteiger partial charge in [-0.3, -0.25) is 9.59 Å². The van der Waals surface area contributed by atoms with E-state index in [0.29, 0.717) is 17.8 Å². The maximum absolute atomic E-state index is 12.1. The van der Waals surface area contributed by atoms with E-state index in [-0.39, 0.29) is 18.4 Å². The first-order valence-electron chi connectivity index (χ1n) is 7.88. The summed E-state index contributed by atoms with van der Waals surface area (Å²) in [7, 11) is 0. The van der Waals surface area contributed by atoms with Crippen LogP contribution in [-0.4, -0.2) is 18.4 Å². The average Bonchev–Trinajstić information content (AvgIpc) is 2.54. The smallest absolute Gasteiger partial charge is 0.262 e. The monoisotopic (exact) mass is 326 g/mol. The summed E-state index contributed by atoms with van der Waals surface area (Å²) in [5.74, 6) is 0.407. The first kappa shape index (κ1) is 17.5. The molecule has 2 aromatic rings. The van der Waals surface area contributed by atoms with Crippen molar-refractivity contribution < 1.29 is 14.3 Å². The number of carbonyl (C=O) groups excluding carboxylic acids is 2. The van der Waals surface area contributed by atoms with E-state index >= 15 is 0 Å². The molecule has 2 rings (SSSR count). The van der Waals surface area contributed by atoms with Crippen LogP contribution in [0.4, 0.5) is 11.4 Å². The van der Waals surface area contributed by atoms with Crippen LogP contribution in [0.15, 0.2) is 42.5 Å². The molecule has 2 amide bonds. The molecule has 0 aliphatic carbocycles. The Morgan fingerprint density at radius 2 is 1.46 bits per heavy atom. The molecular formula is C19H22N2O3. The molecule has 0 saturated carbocycles. The molecule has 0 unspecified atom stereocenters. The number of ether oxygens (including phenoxy) is 1. The van der Waals surface area contributed by atoms with Crippen molar-refractivity contribution in [1.82, 2.24) is 0 Å². The van der Waals surface area contributed by atoms with E-state index in [2.05, 4.69) is 10.6 Å². The Morgan fingerprint density at radius 3 is 2.04 bits per heavy atom. The maximum atomic E-state index is 12.1. The molecule has 0 aliphatic rings. The Morgan fingerprint density at radius 1 is 0.917 bits per heavy atom. The zero-order chi connectivity index (χ0) is 17.5. The van der Waals surface area contributed by atoms with Gasteiger partial charge in [-0.05, 0) is 43.2 Å². The minimum absolute atomic E-state index is 0.0722. The molecule has 0 aliphatic heterocycles. The Kier molecular flexibility index (Phi) is 5.95. The maximum Gasteiger partial charge on any atom is 0.262 e. The number of amides is 2. The topological polar surface area (TPSA) is 67.4 Å². The minimum atomic E-state index is -0.253. The molecule has 126 valence electrons. The summed E-state index contributed by atoms with van der Waals surface area (Å²) in [5.41, 5.74) is 3.24. The molecule has 5 nitrogen and oxygen atoms in total. The second-order valence-electron chi connectivity index (χ2n) is 5.54. The summed E-state index contributed by atoms with van der Waals surface area (Å²) in [6.45, 7) is 5.60. The largest absolute Gasteiger partial charge is 0.483 e. The molecule has 2 N–H and O–H groups in total. The third-order valence-corrected chi connectivity index (χ3v) is 3.51. The van der Waals surface area contributed by atoms with Gasteiger partial charge < -0.3 is 15.4 Å². The Balaban J connectivity index is 1.95. The third kappa shape index (κ3) is 4.84. The molecule has 0 spiro atoms. The van der Waals surface area contributed by atoms with Gasteiger partial charge in [0.1, 0.15) is 5.75 Å². The van der Waals surface area contributed by atoms with Gasteiger partial charge >= 0.3 is 0 Å². The van der Waals surface area contributed by atoms with Gasteiger partial charge in [0.15, 0.2) is 6.61 Å². The van der Waals surface area contributed by atoms with Crippen LogP contribution in [0, 0.1) is 13.8 Å². The van der Waals surface area contributed by atoms with E-state index < -0.39 is 0 Å². The fourth-order valence-corrected chi connectivity index (χ4v) is 2.29. The van der Waals surface area contributed by atoms with Crippen molar-refractivity contribution in [2.24, 2.45) is 0 Å². The van der Waals surface area contributed by atoms with E-state index in [1.165, 1.54) is 0 Å². The van der Waals surface area contributed by atoms with Gasteiger partial charge in [0.05, 0.1) is 0 Å². The number of carbonyl (C=O) groups is 2. The van der Waals surface area contributed by atoms with Gasteiger partial charge in [-0.2, -0.15) is 0 Å². The lowest BCUT2D eigenvalue weighted by Crippen LogP contribution is -2.20. The van der Waals surface area contributed by atoms with Crippen molar-refractivity contribution in [3.63, 3.8) is 0 Å². The van der Waals surface area contributed by atoms with E-state index in [0.717, 1.165) is 16.9 Å². The summed E-state index contributed by atoms with van der Waals surface area (Å²) in [4.78, 5) is 23.5. The van der Waals surface area contributed by atoms with Crippen molar-refractivity contribution in [2.75, 3.05) is 17.2 Å². The SMILES string of the molecule is CCC(=O)Nc1cccc(NC(=O)COc2c(C)cccc2C)c1. The Hall–Kier alpha value is -2.82. The highest BCUT2D eigenvalue weighted by Gasteiger charge is 2.08. The molecule has 0 radical (unpaired) electrons. The van der Waals surface area contributed by atoms with E-state index in [1.54, 1.807) is 31.2 Å². The van der Waals surface area contributed by atoms with Crippen molar-refractivity contribution in [1.29, 1.82) is 0 Å². The summed E-state index contributed by atoms with van der Waals surface area (Å²) >= 11 is 0. The number of aryl methyl sites for hydroxylation is 2. The number of anilines is 2. The number of hydrogen-bond acceptors (Lipinski definition) is 3. The normalized spacial score (nSPS) is 10.1. The Labute approximate surface area is 142 Å². The van der Waals surface area contributed by atoms with Gasteiger partial charge in [0, 0.05) is 17.8 Å². The second-order valence-corrected chi connectivity index (χ2v) is 5.54. The molecule has 0 saturated heterocycles.